The molecule has 3 N–H and O–H groups in total. The van der Waals surface area contributed by atoms with Gasteiger partial charge in [0, 0.05) is 55.2 Å². The number of aromatic nitrogens is 4. The van der Waals surface area contributed by atoms with Crippen molar-refractivity contribution in [3.8, 4) is 40.0 Å². The molecule has 8 aromatic rings. The Balaban J connectivity index is 0.000000153. The molecule has 10 rings (SSSR count). The lowest BCUT2D eigenvalue weighted by molar-refractivity contribution is 0.0710. The molecule has 5 aromatic carbocycles. The van der Waals surface area contributed by atoms with E-state index in [0.717, 1.165) is 119 Å². The number of rotatable bonds is 7. The van der Waals surface area contributed by atoms with Crippen LogP contribution in [-0.2, 0) is 9.47 Å². The zero-order valence-corrected chi connectivity index (χ0v) is 30.6. The van der Waals surface area contributed by atoms with Crippen molar-refractivity contribution in [2.45, 2.75) is 37.8 Å². The van der Waals surface area contributed by atoms with E-state index in [0.29, 0.717) is 29.6 Å². The molecule has 278 valence electrons. The molecule has 2 saturated heterocycles. The minimum Gasteiger partial charge on any atom is -0.497 e. The Morgan fingerprint density at radius 1 is 0.636 bits per heavy atom. The first kappa shape index (κ1) is 34.6. The van der Waals surface area contributed by atoms with Crippen molar-refractivity contribution in [1.82, 2.24) is 19.5 Å². The van der Waals surface area contributed by atoms with Gasteiger partial charge in [0.2, 0.25) is 11.8 Å². The van der Waals surface area contributed by atoms with Crippen LogP contribution in [0.3, 0.4) is 0 Å². The number of nitrogen functional groups attached to an aromatic ring is 1. The second-order valence-corrected chi connectivity index (χ2v) is 13.9. The van der Waals surface area contributed by atoms with Crippen molar-refractivity contribution >= 4 is 44.6 Å². The van der Waals surface area contributed by atoms with Crippen LogP contribution in [0.1, 0.15) is 31.7 Å². The topological polar surface area (TPSA) is 136 Å². The molecule has 2 fully saturated rings. The molecule has 3 aromatic heterocycles. The van der Waals surface area contributed by atoms with E-state index >= 15 is 0 Å². The molecule has 11 heteroatoms. The summed E-state index contributed by atoms with van der Waals surface area (Å²) < 4.78 is 30.5. The number of hydrogen-bond donors (Lipinski definition) is 2. The number of nitrogens with one attached hydrogen (secondary N) is 1. The number of ether oxygens (including phenoxy) is 3. The average Bonchev–Trinajstić information content (AvgIpc) is 3.98. The van der Waals surface area contributed by atoms with Gasteiger partial charge in [0.05, 0.1) is 29.5 Å². The van der Waals surface area contributed by atoms with Gasteiger partial charge in [-0.05, 0) is 111 Å². The molecule has 0 unspecified atom stereocenters. The van der Waals surface area contributed by atoms with Crippen LogP contribution in [0.25, 0.3) is 67.5 Å². The van der Waals surface area contributed by atoms with Gasteiger partial charge in [-0.15, -0.1) is 0 Å². The molecule has 2 aliphatic rings. The van der Waals surface area contributed by atoms with Gasteiger partial charge in [0.1, 0.15) is 22.6 Å². The standard InChI is InChI=1S/C26H23N3O3.C18H19N3O2/c1-30-20-9-6-17(7-10-20)25-27-22-16-18(26-28-21-4-2-3-5-24(21)32-26)8-11-23(22)29(25)19-12-14-31-15-13-19;19-14-11-12(18-21-16-3-1-2-4-17(16)23-18)5-6-15(14)20-13-7-9-22-10-8-13/h2-11,16,19H,12-15H2,1H3;1-6,11,13,20H,7-10,19H2. The lowest BCUT2D eigenvalue weighted by Crippen LogP contribution is -2.28. The van der Waals surface area contributed by atoms with Gasteiger partial charge in [-0.3, -0.25) is 0 Å². The number of imidazole rings is 1. The van der Waals surface area contributed by atoms with Gasteiger partial charge < -0.3 is 38.7 Å². The highest BCUT2D eigenvalue weighted by molar-refractivity contribution is 5.86. The highest BCUT2D eigenvalue weighted by atomic mass is 16.5. The molecule has 5 heterocycles. The maximum absolute atomic E-state index is 6.21. The summed E-state index contributed by atoms with van der Waals surface area (Å²) in [7, 11) is 1.68. The van der Waals surface area contributed by atoms with E-state index in [1.54, 1.807) is 7.11 Å². The number of methoxy groups -OCH3 is 1. The summed E-state index contributed by atoms with van der Waals surface area (Å²) in [5.74, 6) is 3.00. The first-order chi connectivity index (χ1) is 27.1. The number of para-hydroxylation sites is 4. The Bertz CT molecular complexity index is 2500. The molecule has 0 saturated carbocycles. The molecular weight excluding hydrogens is 693 g/mol. The van der Waals surface area contributed by atoms with Crippen LogP contribution in [0.2, 0.25) is 0 Å². The maximum atomic E-state index is 6.21. The first-order valence-electron chi connectivity index (χ1n) is 18.8. The Morgan fingerprint density at radius 3 is 1.84 bits per heavy atom. The van der Waals surface area contributed by atoms with E-state index in [9.17, 15) is 0 Å². The van der Waals surface area contributed by atoms with Gasteiger partial charge in [0.15, 0.2) is 11.2 Å². The van der Waals surface area contributed by atoms with Gasteiger partial charge in [-0.2, -0.15) is 0 Å². The molecule has 0 aliphatic carbocycles. The lowest BCUT2D eigenvalue weighted by Gasteiger charge is -2.26. The molecule has 11 nitrogen and oxygen atoms in total. The third-order valence-electron chi connectivity index (χ3n) is 10.3. The number of oxazole rings is 2. The summed E-state index contributed by atoms with van der Waals surface area (Å²) in [6, 6.07) is 36.6. The minimum absolute atomic E-state index is 0.348. The van der Waals surface area contributed by atoms with E-state index in [4.69, 9.17) is 33.8 Å². The van der Waals surface area contributed by atoms with E-state index < -0.39 is 0 Å². The van der Waals surface area contributed by atoms with Gasteiger partial charge in [-0.1, -0.05) is 24.3 Å². The van der Waals surface area contributed by atoms with Crippen molar-refractivity contribution in [2.75, 3.05) is 44.6 Å². The van der Waals surface area contributed by atoms with Crippen molar-refractivity contribution < 1.29 is 23.0 Å². The van der Waals surface area contributed by atoms with E-state index in [1.807, 2.05) is 78.9 Å². The Kier molecular flexibility index (Phi) is 9.61. The largest absolute Gasteiger partial charge is 0.497 e. The highest BCUT2D eigenvalue weighted by Crippen LogP contribution is 2.36. The second-order valence-electron chi connectivity index (χ2n) is 13.9. The maximum Gasteiger partial charge on any atom is 0.227 e. The van der Waals surface area contributed by atoms with Crippen LogP contribution in [0.4, 0.5) is 11.4 Å². The predicted octanol–water partition coefficient (Wildman–Crippen LogP) is 9.54. The van der Waals surface area contributed by atoms with Crippen molar-refractivity contribution in [3.63, 3.8) is 0 Å². The highest BCUT2D eigenvalue weighted by Gasteiger charge is 2.24. The quantitative estimate of drug-likeness (QED) is 0.152. The second kappa shape index (κ2) is 15.3. The molecule has 2 aliphatic heterocycles. The number of hydrogen-bond acceptors (Lipinski definition) is 10. The molecule has 0 spiro atoms. The summed E-state index contributed by atoms with van der Waals surface area (Å²) in [6.07, 6.45) is 3.96. The van der Waals surface area contributed by atoms with E-state index in [-0.39, 0.29) is 0 Å². The van der Waals surface area contributed by atoms with Crippen LogP contribution in [-0.4, -0.2) is 59.1 Å². The number of nitrogens with two attached hydrogens (primary N) is 1. The van der Waals surface area contributed by atoms with Gasteiger partial charge >= 0.3 is 0 Å². The van der Waals surface area contributed by atoms with Crippen molar-refractivity contribution in [1.29, 1.82) is 0 Å². The fourth-order valence-corrected chi connectivity index (χ4v) is 7.37. The molecule has 55 heavy (non-hydrogen) atoms. The summed E-state index contributed by atoms with van der Waals surface area (Å²) in [6.45, 7) is 3.15. The third-order valence-corrected chi connectivity index (χ3v) is 10.3. The average molecular weight is 735 g/mol. The molecule has 0 bridgehead atoms. The summed E-state index contributed by atoms with van der Waals surface area (Å²) in [5, 5.41) is 3.50. The van der Waals surface area contributed by atoms with Crippen LogP contribution in [0.5, 0.6) is 5.75 Å². The zero-order chi connectivity index (χ0) is 37.1. The molecular formula is C44H42N6O5. The SMILES string of the molecule is COc1ccc(-c2nc3cc(-c4nc5ccccc5o4)ccc3n2C2CCOCC2)cc1.Nc1cc(-c2nc3ccccc3o2)ccc1NC1CCOCC1. The Morgan fingerprint density at radius 2 is 1.22 bits per heavy atom. The normalized spacial score (nSPS) is 15.3. The fourth-order valence-electron chi connectivity index (χ4n) is 7.37. The smallest absolute Gasteiger partial charge is 0.227 e. The first-order valence-corrected chi connectivity index (χ1v) is 18.8. The summed E-state index contributed by atoms with van der Waals surface area (Å²) >= 11 is 0. The van der Waals surface area contributed by atoms with E-state index in [2.05, 4.69) is 50.2 Å². The monoisotopic (exact) mass is 734 g/mol. The van der Waals surface area contributed by atoms with Gasteiger partial charge in [-0.25, -0.2) is 15.0 Å². The van der Waals surface area contributed by atoms with Crippen LogP contribution >= 0.6 is 0 Å². The number of fused-ring (bicyclic) bond motifs is 3. The number of benzene rings is 5. The van der Waals surface area contributed by atoms with Crippen LogP contribution < -0.4 is 15.8 Å². The number of nitrogens with zero attached hydrogens (tertiary/aromatic N) is 4. The van der Waals surface area contributed by atoms with Crippen molar-refractivity contribution in [2.24, 2.45) is 0 Å². The van der Waals surface area contributed by atoms with E-state index in [1.165, 1.54) is 0 Å². The fraction of sp³-hybridized carbons (Fsp3) is 0.250. The van der Waals surface area contributed by atoms with Crippen LogP contribution in [0.15, 0.2) is 118 Å². The van der Waals surface area contributed by atoms with Crippen molar-refractivity contribution in [3.05, 3.63) is 109 Å². The number of anilines is 2. The van der Waals surface area contributed by atoms with Crippen LogP contribution in [0, 0.1) is 0 Å². The zero-order valence-electron chi connectivity index (χ0n) is 30.6. The predicted molar refractivity (Wildman–Crippen MR) is 215 cm³/mol. The Hall–Kier alpha value is -6.17. The third kappa shape index (κ3) is 7.24. The molecule has 0 radical (unpaired) electrons. The molecule has 0 amide bonds. The minimum atomic E-state index is 0.348. The molecule has 0 atom stereocenters. The summed E-state index contributed by atoms with van der Waals surface area (Å²) in [5.41, 5.74) is 16.1. The summed E-state index contributed by atoms with van der Waals surface area (Å²) in [4.78, 5) is 14.2. The lowest BCUT2D eigenvalue weighted by atomic mass is 10.1. The Labute approximate surface area is 318 Å². The van der Waals surface area contributed by atoms with Gasteiger partial charge in [0.25, 0.3) is 0 Å².